The van der Waals surface area contributed by atoms with Gasteiger partial charge in [0.05, 0.1) is 5.56 Å². The van der Waals surface area contributed by atoms with Crippen LogP contribution in [-0.2, 0) is 0 Å². The zero-order valence-electron chi connectivity index (χ0n) is 18.6. The van der Waals surface area contributed by atoms with Gasteiger partial charge in [-0.25, -0.2) is 4.79 Å². The van der Waals surface area contributed by atoms with Crippen molar-refractivity contribution in [3.8, 4) is 5.75 Å². The number of rotatable bonds is 6. The second-order valence-corrected chi connectivity index (χ2v) is 8.69. The molecule has 1 aliphatic rings. The fraction of sp³-hybridized carbons (Fsp3) is 0.207. The lowest BCUT2D eigenvalue weighted by atomic mass is 9.83. The lowest BCUT2D eigenvalue weighted by Crippen LogP contribution is -2.37. The summed E-state index contributed by atoms with van der Waals surface area (Å²) in [6.07, 6.45) is 0.769. The summed E-state index contributed by atoms with van der Waals surface area (Å²) in [5.74, 6) is 0.0623. The molecule has 4 nitrogen and oxygen atoms in total. The summed E-state index contributed by atoms with van der Waals surface area (Å²) in [5, 5.41) is 15.6. The van der Waals surface area contributed by atoms with Crippen LogP contribution >= 0.6 is 0 Å². The fourth-order valence-electron chi connectivity index (χ4n) is 4.87. The Morgan fingerprint density at radius 2 is 1.76 bits per heavy atom. The Hall–Kier alpha value is -3.63. The minimum Gasteiger partial charge on any atom is -0.489 e. The predicted octanol–water partition coefficient (Wildman–Crippen LogP) is 6.17. The molecule has 4 aromatic rings. The lowest BCUT2D eigenvalue weighted by molar-refractivity contribution is 0.0696. The van der Waals surface area contributed by atoms with Gasteiger partial charge < -0.3 is 15.2 Å². The highest BCUT2D eigenvalue weighted by Crippen LogP contribution is 2.40. The molecule has 166 valence electrons. The number of nitrogens with one attached hydrogen (secondary N) is 1. The summed E-state index contributed by atoms with van der Waals surface area (Å²) in [6.45, 7) is 2.89. The highest BCUT2D eigenvalue weighted by atomic mass is 16.5. The van der Waals surface area contributed by atoms with Crippen LogP contribution < -0.4 is 10.1 Å². The van der Waals surface area contributed by atoms with Gasteiger partial charge in [-0.05, 0) is 53.4 Å². The lowest BCUT2D eigenvalue weighted by Gasteiger charge is -2.33. The van der Waals surface area contributed by atoms with Crippen molar-refractivity contribution in [3.05, 3.63) is 113 Å². The molecule has 2 N–H and O–H groups in total. The molecule has 0 aliphatic carbocycles. The van der Waals surface area contributed by atoms with E-state index < -0.39 is 5.97 Å². The predicted molar refractivity (Wildman–Crippen MR) is 131 cm³/mol. The van der Waals surface area contributed by atoms with E-state index in [-0.39, 0.29) is 18.1 Å². The first-order valence-corrected chi connectivity index (χ1v) is 11.4. The van der Waals surface area contributed by atoms with Crippen LogP contribution in [-0.4, -0.2) is 23.7 Å². The number of carbonyl (C=O) groups is 1. The number of fused-ring (bicyclic) bond motifs is 2. The Bertz CT molecular complexity index is 1290. The molecule has 33 heavy (non-hydrogen) atoms. The van der Waals surface area contributed by atoms with Gasteiger partial charge in [0.2, 0.25) is 0 Å². The van der Waals surface area contributed by atoms with Crippen molar-refractivity contribution >= 4 is 16.7 Å². The van der Waals surface area contributed by atoms with Gasteiger partial charge in [0.25, 0.3) is 0 Å². The summed E-state index contributed by atoms with van der Waals surface area (Å²) in [5.41, 5.74) is 3.71. The van der Waals surface area contributed by atoms with E-state index in [9.17, 15) is 9.90 Å². The van der Waals surface area contributed by atoms with Crippen molar-refractivity contribution in [3.63, 3.8) is 0 Å². The average molecular weight is 438 g/mol. The first-order chi connectivity index (χ1) is 16.1. The standard InChI is InChI=1S/C29H27NO3/c1-19(24-14-7-9-20-8-2-3-12-25(20)24)30-18-23-17-27(26-13-4-5-15-28(26)33-23)21-10-6-11-22(16-21)29(31)32/h2-16,19,23,27,30H,17-18H2,1H3,(H,31,32). The minimum atomic E-state index is -0.903. The molecular weight excluding hydrogens is 410 g/mol. The van der Waals surface area contributed by atoms with Crippen LogP contribution in [0.1, 0.15) is 52.4 Å². The third-order valence-corrected chi connectivity index (χ3v) is 6.56. The molecule has 4 heteroatoms. The van der Waals surface area contributed by atoms with Gasteiger partial charge >= 0.3 is 5.97 Å². The number of ether oxygens (including phenoxy) is 1. The van der Waals surface area contributed by atoms with Crippen LogP contribution in [0.15, 0.2) is 91.0 Å². The maximum absolute atomic E-state index is 11.5. The van der Waals surface area contributed by atoms with E-state index in [0.29, 0.717) is 12.1 Å². The topological polar surface area (TPSA) is 58.6 Å². The molecular formula is C29H27NO3. The fourth-order valence-corrected chi connectivity index (χ4v) is 4.87. The third kappa shape index (κ3) is 4.35. The molecule has 0 radical (unpaired) electrons. The second kappa shape index (κ2) is 9.08. The van der Waals surface area contributed by atoms with E-state index in [1.165, 1.54) is 16.3 Å². The molecule has 0 spiro atoms. The number of hydrogen-bond acceptors (Lipinski definition) is 3. The molecule has 1 heterocycles. The summed E-state index contributed by atoms with van der Waals surface area (Å²) >= 11 is 0. The molecule has 5 rings (SSSR count). The monoisotopic (exact) mass is 437 g/mol. The van der Waals surface area contributed by atoms with E-state index in [4.69, 9.17) is 4.74 Å². The van der Waals surface area contributed by atoms with Crippen molar-refractivity contribution in [2.24, 2.45) is 0 Å². The van der Waals surface area contributed by atoms with Gasteiger partial charge in [0.15, 0.2) is 0 Å². The molecule has 1 aliphatic heterocycles. The van der Waals surface area contributed by atoms with Gasteiger partial charge in [-0.1, -0.05) is 72.8 Å². The van der Waals surface area contributed by atoms with Crippen LogP contribution in [0.5, 0.6) is 5.75 Å². The van der Waals surface area contributed by atoms with E-state index in [1.807, 2.05) is 30.3 Å². The van der Waals surface area contributed by atoms with Crippen molar-refractivity contribution in [1.82, 2.24) is 5.32 Å². The molecule has 0 saturated carbocycles. The van der Waals surface area contributed by atoms with Gasteiger partial charge in [0.1, 0.15) is 11.9 Å². The highest BCUT2D eigenvalue weighted by molar-refractivity contribution is 5.88. The van der Waals surface area contributed by atoms with Crippen LogP contribution in [0.2, 0.25) is 0 Å². The minimum absolute atomic E-state index is 0.0178. The van der Waals surface area contributed by atoms with E-state index in [1.54, 1.807) is 12.1 Å². The van der Waals surface area contributed by atoms with E-state index in [2.05, 4.69) is 60.8 Å². The van der Waals surface area contributed by atoms with Crippen molar-refractivity contribution < 1.29 is 14.6 Å². The van der Waals surface area contributed by atoms with E-state index in [0.717, 1.165) is 23.3 Å². The maximum atomic E-state index is 11.5. The van der Waals surface area contributed by atoms with Crippen LogP contribution in [0.3, 0.4) is 0 Å². The number of hydrogen-bond donors (Lipinski definition) is 2. The van der Waals surface area contributed by atoms with Gasteiger partial charge in [-0.15, -0.1) is 0 Å². The zero-order chi connectivity index (χ0) is 22.8. The Balaban J connectivity index is 1.37. The Labute approximate surface area is 193 Å². The van der Waals surface area contributed by atoms with Crippen LogP contribution in [0, 0.1) is 0 Å². The third-order valence-electron chi connectivity index (χ3n) is 6.56. The van der Waals surface area contributed by atoms with Gasteiger partial charge in [-0.3, -0.25) is 0 Å². The quantitative estimate of drug-likeness (QED) is 0.379. The van der Waals surface area contributed by atoms with Crippen molar-refractivity contribution in [2.75, 3.05) is 6.54 Å². The van der Waals surface area contributed by atoms with E-state index >= 15 is 0 Å². The molecule has 0 amide bonds. The van der Waals surface area contributed by atoms with Gasteiger partial charge in [0, 0.05) is 24.1 Å². The average Bonchev–Trinajstić information content (AvgIpc) is 2.86. The molecule has 4 aromatic carbocycles. The molecule has 3 unspecified atom stereocenters. The largest absolute Gasteiger partial charge is 0.489 e. The maximum Gasteiger partial charge on any atom is 0.335 e. The first-order valence-electron chi connectivity index (χ1n) is 11.4. The van der Waals surface area contributed by atoms with Crippen molar-refractivity contribution in [2.45, 2.75) is 31.4 Å². The molecule has 0 bridgehead atoms. The Kier molecular flexibility index (Phi) is 5.84. The molecule has 0 saturated heterocycles. The first kappa shape index (κ1) is 21.2. The summed E-state index contributed by atoms with van der Waals surface area (Å²) < 4.78 is 6.36. The zero-order valence-corrected chi connectivity index (χ0v) is 18.6. The molecule has 0 aromatic heterocycles. The summed E-state index contributed by atoms with van der Waals surface area (Å²) in [7, 11) is 0. The highest BCUT2D eigenvalue weighted by Gasteiger charge is 2.30. The number of carboxylic acids is 1. The number of benzene rings is 4. The number of carboxylic acid groups (broad SMARTS) is 1. The number of para-hydroxylation sites is 1. The summed E-state index contributed by atoms with van der Waals surface area (Å²) in [4.78, 5) is 11.5. The second-order valence-electron chi connectivity index (χ2n) is 8.69. The van der Waals surface area contributed by atoms with Crippen LogP contribution in [0.25, 0.3) is 10.8 Å². The molecule has 0 fully saturated rings. The SMILES string of the molecule is CC(NCC1CC(c2cccc(C(=O)O)c2)c2ccccc2O1)c1cccc2ccccc12. The Morgan fingerprint density at radius 3 is 2.64 bits per heavy atom. The Morgan fingerprint density at radius 1 is 1.00 bits per heavy atom. The summed E-state index contributed by atoms with van der Waals surface area (Å²) in [6, 6.07) is 30.4. The normalized spacial score (nSPS) is 18.3. The number of aromatic carboxylic acids is 1. The smallest absolute Gasteiger partial charge is 0.335 e. The van der Waals surface area contributed by atoms with Crippen molar-refractivity contribution in [1.29, 1.82) is 0 Å². The van der Waals surface area contributed by atoms with Gasteiger partial charge in [-0.2, -0.15) is 0 Å². The molecule has 3 atom stereocenters. The van der Waals surface area contributed by atoms with Crippen LogP contribution in [0.4, 0.5) is 0 Å².